The molecule has 5 nitrogen and oxygen atoms in total. The fraction of sp³-hybridized carbons (Fsp3) is 0.500. The van der Waals surface area contributed by atoms with Gasteiger partial charge in [0.25, 0.3) is 0 Å². The van der Waals surface area contributed by atoms with Gasteiger partial charge in [-0.2, -0.15) is 0 Å². The van der Waals surface area contributed by atoms with Crippen LogP contribution < -0.4 is 4.72 Å². The minimum Gasteiger partial charge on any atom is -0.384 e. The molecule has 0 saturated carbocycles. The fourth-order valence-corrected chi connectivity index (χ4v) is 3.37. The standard InChI is InChI=1S/C10H14BrClN2O3S/c1-7(6-17-2)4-14-18(15,16)9-3-8(11)5-13-10(9)12/h3,5,7,14H,4,6H2,1-2H3. The van der Waals surface area contributed by atoms with Gasteiger partial charge in [-0.3, -0.25) is 0 Å². The zero-order valence-corrected chi connectivity index (χ0v) is 13.1. The average Bonchev–Trinajstić information content (AvgIpc) is 2.30. The second-order valence-electron chi connectivity index (χ2n) is 3.85. The number of nitrogens with zero attached hydrogens (tertiary/aromatic N) is 1. The first kappa shape index (κ1) is 15.8. The molecule has 0 amide bonds. The Balaban J connectivity index is 2.83. The summed E-state index contributed by atoms with van der Waals surface area (Å²) in [6.45, 7) is 2.64. The number of pyridine rings is 1. The van der Waals surface area contributed by atoms with Gasteiger partial charge in [-0.25, -0.2) is 18.1 Å². The minimum absolute atomic E-state index is 0.0387. The third-order valence-electron chi connectivity index (χ3n) is 2.14. The maximum Gasteiger partial charge on any atom is 0.243 e. The molecule has 0 aliphatic rings. The molecule has 0 aliphatic heterocycles. The van der Waals surface area contributed by atoms with Crippen molar-refractivity contribution < 1.29 is 13.2 Å². The highest BCUT2D eigenvalue weighted by Crippen LogP contribution is 2.22. The lowest BCUT2D eigenvalue weighted by Crippen LogP contribution is -2.30. The van der Waals surface area contributed by atoms with E-state index < -0.39 is 10.0 Å². The van der Waals surface area contributed by atoms with E-state index in [0.717, 1.165) is 0 Å². The lowest BCUT2D eigenvalue weighted by Gasteiger charge is -2.12. The molecule has 0 aliphatic carbocycles. The Morgan fingerprint density at radius 1 is 1.61 bits per heavy atom. The van der Waals surface area contributed by atoms with Gasteiger partial charge in [0.1, 0.15) is 10.0 Å². The number of sulfonamides is 1. The van der Waals surface area contributed by atoms with Crippen LogP contribution >= 0.6 is 27.5 Å². The topological polar surface area (TPSA) is 68.3 Å². The summed E-state index contributed by atoms with van der Waals surface area (Å²) in [6.07, 6.45) is 1.44. The third kappa shape index (κ3) is 4.47. The van der Waals surface area contributed by atoms with Gasteiger partial charge in [-0.15, -0.1) is 0 Å². The Hall–Kier alpha value is -0.210. The lowest BCUT2D eigenvalue weighted by molar-refractivity contribution is 0.161. The van der Waals surface area contributed by atoms with E-state index >= 15 is 0 Å². The number of nitrogens with one attached hydrogen (secondary N) is 1. The van der Waals surface area contributed by atoms with Crippen molar-refractivity contribution in [2.24, 2.45) is 5.92 Å². The van der Waals surface area contributed by atoms with Gasteiger partial charge in [0.15, 0.2) is 0 Å². The van der Waals surface area contributed by atoms with E-state index in [9.17, 15) is 8.42 Å². The molecule has 18 heavy (non-hydrogen) atoms. The molecule has 102 valence electrons. The first-order valence-corrected chi connectivity index (χ1v) is 7.82. The predicted molar refractivity (Wildman–Crippen MR) is 73.2 cm³/mol. The molecule has 1 aromatic rings. The van der Waals surface area contributed by atoms with Crippen LogP contribution in [-0.4, -0.2) is 33.7 Å². The molecule has 0 saturated heterocycles. The SMILES string of the molecule is COCC(C)CNS(=O)(=O)c1cc(Br)cnc1Cl. The molecule has 0 spiro atoms. The van der Waals surface area contributed by atoms with Gasteiger partial charge >= 0.3 is 0 Å². The maximum absolute atomic E-state index is 12.0. The smallest absolute Gasteiger partial charge is 0.243 e. The summed E-state index contributed by atoms with van der Waals surface area (Å²) in [5, 5.41) is -0.0508. The van der Waals surface area contributed by atoms with Gasteiger partial charge in [0.2, 0.25) is 10.0 Å². The van der Waals surface area contributed by atoms with Gasteiger partial charge in [-0.05, 0) is 27.9 Å². The molecule has 0 aromatic carbocycles. The Morgan fingerprint density at radius 3 is 2.89 bits per heavy atom. The largest absolute Gasteiger partial charge is 0.384 e. The van der Waals surface area contributed by atoms with Crippen LogP contribution in [0, 0.1) is 5.92 Å². The van der Waals surface area contributed by atoms with Crippen molar-refractivity contribution >= 4 is 37.6 Å². The molecular formula is C10H14BrClN2O3S. The number of rotatable bonds is 6. The molecule has 1 atom stereocenters. The summed E-state index contributed by atoms with van der Waals surface area (Å²) in [7, 11) is -2.09. The Labute approximate surface area is 120 Å². The maximum atomic E-state index is 12.0. The highest BCUT2D eigenvalue weighted by Gasteiger charge is 2.19. The number of methoxy groups -OCH3 is 1. The van der Waals surface area contributed by atoms with Gasteiger partial charge < -0.3 is 4.74 Å². The number of hydrogen-bond acceptors (Lipinski definition) is 4. The van der Waals surface area contributed by atoms with Crippen LogP contribution in [0.4, 0.5) is 0 Å². The normalized spacial score (nSPS) is 13.6. The van der Waals surface area contributed by atoms with Crippen molar-refractivity contribution in [1.82, 2.24) is 9.71 Å². The molecule has 1 heterocycles. The molecular weight excluding hydrogens is 344 g/mol. The van der Waals surface area contributed by atoms with Crippen LogP contribution in [0.5, 0.6) is 0 Å². The van der Waals surface area contributed by atoms with Crippen LogP contribution in [0.3, 0.4) is 0 Å². The van der Waals surface area contributed by atoms with E-state index in [0.29, 0.717) is 11.1 Å². The molecule has 8 heteroatoms. The number of hydrogen-bond donors (Lipinski definition) is 1. The van der Waals surface area contributed by atoms with E-state index in [1.807, 2.05) is 6.92 Å². The van der Waals surface area contributed by atoms with Crippen LogP contribution in [0.1, 0.15) is 6.92 Å². The second-order valence-corrected chi connectivity index (χ2v) is 6.86. The van der Waals surface area contributed by atoms with Crippen LogP contribution in [-0.2, 0) is 14.8 Å². The van der Waals surface area contributed by atoms with Crippen molar-refractivity contribution in [2.75, 3.05) is 20.3 Å². The summed E-state index contributed by atoms with van der Waals surface area (Å²) >= 11 is 8.94. The molecule has 0 fully saturated rings. The van der Waals surface area contributed by atoms with Crippen LogP contribution in [0.2, 0.25) is 5.15 Å². The highest BCUT2D eigenvalue weighted by atomic mass is 79.9. The van der Waals surface area contributed by atoms with E-state index in [1.54, 1.807) is 7.11 Å². The van der Waals surface area contributed by atoms with Gasteiger partial charge in [-0.1, -0.05) is 18.5 Å². The van der Waals surface area contributed by atoms with E-state index in [4.69, 9.17) is 16.3 Å². The number of aromatic nitrogens is 1. The second kappa shape index (κ2) is 6.81. The van der Waals surface area contributed by atoms with E-state index in [-0.39, 0.29) is 22.5 Å². The summed E-state index contributed by atoms with van der Waals surface area (Å²) in [5.41, 5.74) is 0. The zero-order chi connectivity index (χ0) is 13.8. The molecule has 1 rings (SSSR count). The van der Waals surface area contributed by atoms with Crippen molar-refractivity contribution in [1.29, 1.82) is 0 Å². The summed E-state index contributed by atoms with van der Waals surface area (Å²) in [4.78, 5) is 3.74. The Kier molecular flexibility index (Phi) is 6.00. The van der Waals surface area contributed by atoms with Crippen LogP contribution in [0.25, 0.3) is 0 Å². The molecule has 0 radical (unpaired) electrons. The minimum atomic E-state index is -3.66. The predicted octanol–water partition coefficient (Wildman–Crippen LogP) is 2.06. The molecule has 0 bridgehead atoms. The summed E-state index contributed by atoms with van der Waals surface area (Å²) in [6, 6.07) is 1.42. The van der Waals surface area contributed by atoms with Gasteiger partial charge in [0.05, 0.1) is 0 Å². The Bertz CT molecular complexity index is 510. The van der Waals surface area contributed by atoms with Crippen molar-refractivity contribution in [3.8, 4) is 0 Å². The fourth-order valence-electron chi connectivity index (χ4n) is 1.27. The average molecular weight is 358 g/mol. The molecule has 1 aromatic heterocycles. The monoisotopic (exact) mass is 356 g/mol. The highest BCUT2D eigenvalue weighted by molar-refractivity contribution is 9.10. The zero-order valence-electron chi connectivity index (χ0n) is 9.98. The summed E-state index contributed by atoms with van der Waals surface area (Å²) < 4.78 is 32.0. The lowest BCUT2D eigenvalue weighted by atomic mass is 10.2. The summed E-state index contributed by atoms with van der Waals surface area (Å²) in [5.74, 6) is 0.0728. The number of halogens is 2. The van der Waals surface area contributed by atoms with Crippen molar-refractivity contribution in [3.63, 3.8) is 0 Å². The number of ether oxygens (including phenoxy) is 1. The van der Waals surface area contributed by atoms with Crippen molar-refractivity contribution in [3.05, 3.63) is 21.9 Å². The van der Waals surface area contributed by atoms with E-state index in [1.165, 1.54) is 12.3 Å². The first-order valence-electron chi connectivity index (χ1n) is 5.16. The molecule has 1 N–H and O–H groups in total. The third-order valence-corrected chi connectivity index (χ3v) is 4.42. The van der Waals surface area contributed by atoms with Gasteiger partial charge in [0, 0.05) is 30.9 Å². The first-order chi connectivity index (χ1) is 8.36. The van der Waals surface area contributed by atoms with Crippen molar-refractivity contribution in [2.45, 2.75) is 11.8 Å². The molecule has 1 unspecified atom stereocenters. The van der Waals surface area contributed by atoms with Crippen LogP contribution in [0.15, 0.2) is 21.6 Å². The quantitative estimate of drug-likeness (QED) is 0.791. The van der Waals surface area contributed by atoms with E-state index in [2.05, 4.69) is 25.6 Å². The Morgan fingerprint density at radius 2 is 2.28 bits per heavy atom.